The molecule has 6 nitrogen and oxygen atoms in total. The first-order valence-electron chi connectivity index (χ1n) is 9.17. The Morgan fingerprint density at radius 2 is 1.93 bits per heavy atom. The van der Waals surface area contributed by atoms with E-state index in [1.165, 1.54) is 12.1 Å². The van der Waals surface area contributed by atoms with Crippen LogP contribution in [0.25, 0.3) is 0 Å². The number of hydrogen-bond acceptors (Lipinski definition) is 5. The first-order chi connectivity index (χ1) is 13.3. The number of amides is 1. The van der Waals surface area contributed by atoms with Gasteiger partial charge < -0.3 is 14.5 Å². The van der Waals surface area contributed by atoms with Crippen LogP contribution in [0.2, 0.25) is 0 Å². The van der Waals surface area contributed by atoms with Crippen molar-refractivity contribution in [1.29, 1.82) is 0 Å². The molecular weight excluding hydrogens is 375 g/mol. The predicted molar refractivity (Wildman–Crippen MR) is 93.0 cm³/mol. The molecular formula is C19H20F3N3O3. The second-order valence-corrected chi connectivity index (χ2v) is 7.23. The number of hydrogen-bond donors (Lipinski definition) is 1. The summed E-state index contributed by atoms with van der Waals surface area (Å²) in [4.78, 5) is 18.4. The van der Waals surface area contributed by atoms with Gasteiger partial charge in [0.2, 0.25) is 5.76 Å². The highest BCUT2D eigenvalue weighted by molar-refractivity contribution is 5.94. The number of ether oxygens (including phenoxy) is 1. The average molecular weight is 395 g/mol. The molecule has 1 N–H and O–H groups in total. The van der Waals surface area contributed by atoms with Crippen LogP contribution in [0.15, 0.2) is 34.9 Å². The fraction of sp³-hybridized carbons (Fsp3) is 0.474. The van der Waals surface area contributed by atoms with Crippen molar-refractivity contribution in [1.82, 2.24) is 15.2 Å². The molecule has 3 fully saturated rings. The number of piperidine rings is 3. The second kappa shape index (κ2) is 7.12. The number of oxazole rings is 1. The molecule has 2 bridgehead atoms. The van der Waals surface area contributed by atoms with E-state index in [4.69, 9.17) is 4.74 Å². The van der Waals surface area contributed by atoms with Crippen LogP contribution < -0.4 is 10.1 Å². The molecule has 150 valence electrons. The highest BCUT2D eigenvalue weighted by Crippen LogP contribution is 2.33. The van der Waals surface area contributed by atoms with E-state index in [1.807, 2.05) is 0 Å². The Morgan fingerprint density at radius 3 is 2.50 bits per heavy atom. The fourth-order valence-corrected chi connectivity index (χ4v) is 3.99. The summed E-state index contributed by atoms with van der Waals surface area (Å²) in [7, 11) is 0. The van der Waals surface area contributed by atoms with E-state index in [-0.39, 0.29) is 17.7 Å². The lowest BCUT2D eigenvalue weighted by Gasteiger charge is -2.49. The monoisotopic (exact) mass is 395 g/mol. The Bertz CT molecular complexity index is 840. The Kier molecular flexibility index (Phi) is 4.78. The van der Waals surface area contributed by atoms with E-state index >= 15 is 0 Å². The number of halogens is 3. The molecule has 0 aliphatic carbocycles. The Labute approximate surface area is 159 Å². The summed E-state index contributed by atoms with van der Waals surface area (Å²) in [6, 6.07) is 6.54. The zero-order valence-electron chi connectivity index (χ0n) is 15.2. The third-order valence-electron chi connectivity index (χ3n) is 5.56. The van der Waals surface area contributed by atoms with Gasteiger partial charge in [0.25, 0.3) is 5.91 Å². The van der Waals surface area contributed by atoms with Gasteiger partial charge in [0, 0.05) is 17.6 Å². The molecule has 0 radical (unpaired) electrons. The molecule has 0 saturated carbocycles. The largest absolute Gasteiger partial charge is 0.451 e. The van der Waals surface area contributed by atoms with E-state index in [0.29, 0.717) is 23.7 Å². The van der Waals surface area contributed by atoms with Crippen LogP contribution in [0, 0.1) is 5.92 Å². The predicted octanol–water partition coefficient (Wildman–Crippen LogP) is 3.70. The lowest BCUT2D eigenvalue weighted by molar-refractivity contribution is -0.153. The van der Waals surface area contributed by atoms with Crippen LogP contribution in [-0.4, -0.2) is 41.0 Å². The van der Waals surface area contributed by atoms with Crippen LogP contribution in [0.3, 0.4) is 0 Å². The fourth-order valence-electron chi connectivity index (χ4n) is 3.99. The summed E-state index contributed by atoms with van der Waals surface area (Å²) < 4.78 is 47.3. The third-order valence-corrected chi connectivity index (χ3v) is 5.56. The summed E-state index contributed by atoms with van der Waals surface area (Å²) in [5.41, 5.74) is 0.458. The van der Waals surface area contributed by atoms with Crippen LogP contribution in [0.5, 0.6) is 11.8 Å². The smallest absolute Gasteiger partial charge is 0.411 e. The molecule has 0 spiro atoms. The minimum atomic E-state index is -4.62. The van der Waals surface area contributed by atoms with Gasteiger partial charge in [0.1, 0.15) is 5.75 Å². The Hall–Kier alpha value is -2.55. The molecule has 1 amide bonds. The minimum Gasteiger partial charge on any atom is -0.411 e. The zero-order valence-corrected chi connectivity index (χ0v) is 15.2. The molecule has 1 aromatic carbocycles. The number of carbonyl (C=O) groups excluding carboxylic acids is 1. The minimum absolute atomic E-state index is 0.124. The summed E-state index contributed by atoms with van der Waals surface area (Å²) in [6.45, 7) is 4.31. The second-order valence-electron chi connectivity index (χ2n) is 7.23. The summed E-state index contributed by atoms with van der Waals surface area (Å²) in [5.74, 6) is -0.680. The van der Waals surface area contributed by atoms with Gasteiger partial charge in [-0.2, -0.15) is 18.2 Å². The van der Waals surface area contributed by atoms with Crippen molar-refractivity contribution in [3.05, 3.63) is 41.8 Å². The van der Waals surface area contributed by atoms with Crippen molar-refractivity contribution in [2.24, 2.45) is 5.92 Å². The number of carbonyl (C=O) groups is 1. The number of fused-ring (bicyclic) bond motifs is 3. The number of alkyl halides is 3. The average Bonchev–Trinajstić information content (AvgIpc) is 3.14. The highest BCUT2D eigenvalue weighted by Gasteiger charge is 2.40. The summed E-state index contributed by atoms with van der Waals surface area (Å²) in [6.07, 6.45) is -2.38. The van der Waals surface area contributed by atoms with Crippen molar-refractivity contribution >= 4 is 5.91 Å². The third kappa shape index (κ3) is 3.71. The Balaban J connectivity index is 1.39. The van der Waals surface area contributed by atoms with Crippen molar-refractivity contribution in [2.45, 2.75) is 38.0 Å². The number of nitrogens with zero attached hydrogens (tertiary/aromatic N) is 2. The van der Waals surface area contributed by atoms with Gasteiger partial charge in [0.05, 0.1) is 6.20 Å². The van der Waals surface area contributed by atoms with E-state index < -0.39 is 18.0 Å². The maximum atomic E-state index is 12.6. The number of benzene rings is 1. The highest BCUT2D eigenvalue weighted by atomic mass is 19.4. The van der Waals surface area contributed by atoms with Gasteiger partial charge in [-0.3, -0.25) is 9.69 Å². The van der Waals surface area contributed by atoms with Gasteiger partial charge in [-0.15, -0.1) is 0 Å². The number of aromatic nitrogens is 1. The molecule has 0 unspecified atom stereocenters. The summed E-state index contributed by atoms with van der Waals surface area (Å²) in [5, 5.41) is 3.13. The van der Waals surface area contributed by atoms with E-state index in [0.717, 1.165) is 25.9 Å². The first kappa shape index (κ1) is 18.8. The van der Waals surface area contributed by atoms with E-state index in [9.17, 15) is 18.0 Å². The lowest BCUT2D eigenvalue weighted by Crippen LogP contribution is -2.62. The van der Waals surface area contributed by atoms with Crippen molar-refractivity contribution in [3.8, 4) is 11.8 Å². The molecule has 9 heteroatoms. The van der Waals surface area contributed by atoms with Crippen LogP contribution in [0.1, 0.15) is 35.9 Å². The first-order valence-corrected chi connectivity index (χ1v) is 9.17. The molecule has 2 atom stereocenters. The molecule has 28 heavy (non-hydrogen) atoms. The van der Waals surface area contributed by atoms with Gasteiger partial charge in [-0.25, -0.2) is 0 Å². The van der Waals surface area contributed by atoms with Gasteiger partial charge in [-0.1, -0.05) is 0 Å². The van der Waals surface area contributed by atoms with Crippen molar-refractivity contribution in [3.63, 3.8) is 0 Å². The quantitative estimate of drug-likeness (QED) is 0.855. The van der Waals surface area contributed by atoms with Crippen LogP contribution in [-0.2, 0) is 6.18 Å². The van der Waals surface area contributed by atoms with Gasteiger partial charge in [-0.05, 0) is 63.0 Å². The summed E-state index contributed by atoms with van der Waals surface area (Å²) >= 11 is 0. The molecule has 2 aromatic rings. The topological polar surface area (TPSA) is 67.6 Å². The lowest BCUT2D eigenvalue weighted by atomic mass is 9.79. The maximum absolute atomic E-state index is 12.6. The molecule has 4 heterocycles. The number of nitrogens with one attached hydrogen (secondary N) is 1. The number of rotatable bonds is 4. The maximum Gasteiger partial charge on any atom is 0.451 e. The normalized spacial score (nSPS) is 26.9. The molecule has 3 saturated heterocycles. The van der Waals surface area contributed by atoms with Crippen LogP contribution in [0.4, 0.5) is 13.2 Å². The molecule has 3 aliphatic rings. The van der Waals surface area contributed by atoms with E-state index in [2.05, 4.69) is 26.5 Å². The Morgan fingerprint density at radius 1 is 1.25 bits per heavy atom. The van der Waals surface area contributed by atoms with Gasteiger partial charge >= 0.3 is 12.3 Å². The SMILES string of the molecule is C[C@H]1[C@H](NC(=O)c2ccc(Oc3ncc(C(F)(F)F)o3)cc2)C2CCN1CC2. The standard InChI is InChI=1S/C19H20F3N3O3/c1-11-16(12-6-8-25(11)9-7-12)24-17(26)13-2-4-14(5-3-13)27-18-23-10-15(28-18)19(20,21)22/h2-5,10-12,16H,6-9H2,1H3,(H,24,26)/t11-,16-/m0/s1. The van der Waals surface area contributed by atoms with Crippen molar-refractivity contribution in [2.75, 3.05) is 13.1 Å². The van der Waals surface area contributed by atoms with Crippen molar-refractivity contribution < 1.29 is 27.1 Å². The van der Waals surface area contributed by atoms with E-state index in [1.54, 1.807) is 12.1 Å². The van der Waals surface area contributed by atoms with Gasteiger partial charge in [0.15, 0.2) is 0 Å². The zero-order chi connectivity index (χ0) is 19.9. The molecule has 1 aromatic heterocycles. The molecule has 3 aliphatic heterocycles. The molecule has 5 rings (SSSR count). The van der Waals surface area contributed by atoms with Crippen LogP contribution >= 0.6 is 0 Å².